The molecule has 4 aromatic carbocycles. The lowest BCUT2D eigenvalue weighted by Gasteiger charge is -2.23. The normalized spacial score (nSPS) is 14.7. The molecule has 0 radical (unpaired) electrons. The second-order valence-corrected chi connectivity index (χ2v) is 17.3. The lowest BCUT2D eigenvalue weighted by molar-refractivity contribution is -0.117. The monoisotopic (exact) mass is 754 g/mol. The van der Waals surface area contributed by atoms with Crippen LogP contribution in [-0.4, -0.2) is 30.4 Å². The zero-order valence-corrected chi connectivity index (χ0v) is 32.5. The molecule has 2 heterocycles. The fraction of sp³-hybridized carbons (Fsp3) is 0.286. The summed E-state index contributed by atoms with van der Waals surface area (Å²) in [5, 5.41) is 0.993. The summed E-state index contributed by atoms with van der Waals surface area (Å²) in [6, 6.07) is 29.8. The summed E-state index contributed by atoms with van der Waals surface area (Å²) in [4.78, 5) is 17.0. The number of aromatic nitrogens is 2. The van der Waals surface area contributed by atoms with Crippen molar-refractivity contribution in [2.24, 2.45) is 5.41 Å². The van der Waals surface area contributed by atoms with Crippen LogP contribution < -0.4 is 9.03 Å². The quantitative estimate of drug-likeness (QED) is 0.136. The number of halogens is 2. The molecule has 10 heteroatoms. The average Bonchev–Trinajstić information content (AvgIpc) is 3.63. The van der Waals surface area contributed by atoms with Gasteiger partial charge in [0.05, 0.1) is 16.4 Å². The number of imidazole rings is 1. The smallest absolute Gasteiger partial charge is 0.303 e. The third-order valence-corrected chi connectivity index (χ3v) is 11.2. The number of amides is 1. The van der Waals surface area contributed by atoms with E-state index < -0.39 is 16.1 Å². The molecule has 5 aromatic rings. The molecule has 0 spiro atoms. The van der Waals surface area contributed by atoms with E-state index in [1.807, 2.05) is 27.6 Å². The van der Waals surface area contributed by atoms with Crippen molar-refractivity contribution < 1.29 is 13.2 Å². The van der Waals surface area contributed by atoms with Crippen LogP contribution in [0.1, 0.15) is 76.8 Å². The van der Waals surface area contributed by atoms with Crippen molar-refractivity contribution in [3.05, 3.63) is 136 Å². The number of allylic oxidation sites excluding steroid dienone is 2. The molecule has 270 valence electrons. The fourth-order valence-electron chi connectivity index (χ4n) is 6.42. The van der Waals surface area contributed by atoms with Gasteiger partial charge in [0.25, 0.3) is 5.91 Å². The van der Waals surface area contributed by atoms with E-state index in [0.29, 0.717) is 44.9 Å². The van der Waals surface area contributed by atoms with Gasteiger partial charge in [0.1, 0.15) is 12.4 Å². The van der Waals surface area contributed by atoms with E-state index in [-0.39, 0.29) is 6.54 Å². The van der Waals surface area contributed by atoms with Crippen LogP contribution in [0.5, 0.6) is 0 Å². The van der Waals surface area contributed by atoms with E-state index in [1.54, 1.807) is 30.3 Å². The van der Waals surface area contributed by atoms with E-state index in [1.165, 1.54) is 17.6 Å². The van der Waals surface area contributed by atoms with Crippen molar-refractivity contribution in [2.45, 2.75) is 66.2 Å². The minimum Gasteiger partial charge on any atom is -0.303 e. The number of hydrogen-bond donors (Lipinski definition) is 1. The van der Waals surface area contributed by atoms with E-state index in [2.05, 4.69) is 89.2 Å². The zero-order valence-electron chi connectivity index (χ0n) is 30.2. The first kappa shape index (κ1) is 37.4. The number of hydrogen-bond acceptors (Lipinski definition) is 4. The first-order valence-corrected chi connectivity index (χ1v) is 19.6. The average molecular weight is 756 g/mol. The number of carbonyl (C=O) groups excluding carboxylic acids is 1. The van der Waals surface area contributed by atoms with Crippen molar-refractivity contribution in [1.29, 1.82) is 0 Å². The Morgan fingerprint density at radius 3 is 2.21 bits per heavy atom. The molecule has 1 aliphatic rings. The molecular weight excluding hydrogens is 711 g/mol. The van der Waals surface area contributed by atoms with Gasteiger partial charge in [-0.2, -0.15) is 8.42 Å². The highest BCUT2D eigenvalue weighted by Gasteiger charge is 2.34. The van der Waals surface area contributed by atoms with Crippen LogP contribution in [0, 0.1) is 5.41 Å². The molecule has 52 heavy (non-hydrogen) atoms. The maximum atomic E-state index is 12.6. The topological polar surface area (TPSA) is 84.3 Å². The Balaban J connectivity index is 1.28. The zero-order chi connectivity index (χ0) is 37.2. The molecule has 1 atom stereocenters. The summed E-state index contributed by atoms with van der Waals surface area (Å²) in [6.07, 6.45) is 8.11. The number of nitrogens with one attached hydrogen (secondary N) is 1. The van der Waals surface area contributed by atoms with E-state index in [4.69, 9.17) is 28.2 Å². The minimum absolute atomic E-state index is 0.281. The third-order valence-electron chi connectivity index (χ3n) is 9.29. The van der Waals surface area contributed by atoms with Crippen LogP contribution in [0.3, 0.4) is 0 Å². The van der Waals surface area contributed by atoms with Crippen LogP contribution in [0.4, 0.5) is 5.69 Å². The number of carbonyl (C=O) groups is 1. The van der Waals surface area contributed by atoms with Gasteiger partial charge in [-0.05, 0) is 103 Å². The molecule has 0 bridgehead atoms. The van der Waals surface area contributed by atoms with Crippen LogP contribution in [0.2, 0.25) is 10.0 Å². The maximum Gasteiger partial charge on any atom is 0.326 e. The summed E-state index contributed by atoms with van der Waals surface area (Å²) in [5.41, 5.74) is 8.80. The summed E-state index contributed by atoms with van der Waals surface area (Å²) in [7, 11) is -3.97. The van der Waals surface area contributed by atoms with Gasteiger partial charge >= 0.3 is 10.2 Å². The predicted molar refractivity (Wildman–Crippen MR) is 214 cm³/mol. The molecule has 1 saturated heterocycles. The largest absolute Gasteiger partial charge is 0.326 e. The molecule has 1 aliphatic heterocycles. The van der Waals surface area contributed by atoms with Crippen molar-refractivity contribution in [1.82, 2.24) is 14.3 Å². The standard InChI is InChI=1S/C42H44Cl2N4O3S/c1-28(2)9-12-33(21-22-42(3,4)5)32-17-15-31(16-18-32)30-13-10-29(11-14-30)23-40-45-39(37-20-19-34(43)24-38(37)44)26-47(40)35-7-6-8-36(25-35)48-27-41(49)46-52(48,50)51/h6-11,13-20,24-26,33H,12,21-23,27H2,1-5H3,(H,46,49). The molecule has 1 N–H and O–H groups in total. The molecule has 1 fully saturated rings. The number of anilines is 1. The minimum atomic E-state index is -3.97. The molecule has 0 aliphatic carbocycles. The Kier molecular flexibility index (Phi) is 11.0. The van der Waals surface area contributed by atoms with Crippen LogP contribution >= 0.6 is 23.2 Å². The summed E-state index contributed by atoms with van der Waals surface area (Å²) < 4.78 is 30.3. The van der Waals surface area contributed by atoms with Crippen molar-refractivity contribution in [2.75, 3.05) is 10.8 Å². The van der Waals surface area contributed by atoms with E-state index >= 15 is 0 Å². The second kappa shape index (κ2) is 15.3. The SMILES string of the molecule is CC(C)=CCC(CCC(C)(C)C)c1ccc(-c2ccc(Cc3nc(-c4ccc(Cl)cc4Cl)cn3-c3cccc(N4CC(=O)NS4(=O)=O)c3)cc2)cc1. The van der Waals surface area contributed by atoms with Gasteiger partial charge in [-0.3, -0.25) is 4.79 Å². The van der Waals surface area contributed by atoms with Crippen molar-refractivity contribution in [3.63, 3.8) is 0 Å². The first-order valence-electron chi connectivity index (χ1n) is 17.5. The lowest BCUT2D eigenvalue weighted by atomic mass is 9.82. The van der Waals surface area contributed by atoms with E-state index in [9.17, 15) is 13.2 Å². The Hall–Kier alpha value is -4.37. The highest BCUT2D eigenvalue weighted by Crippen LogP contribution is 2.35. The molecule has 6 rings (SSSR count). The molecule has 7 nitrogen and oxygen atoms in total. The Morgan fingerprint density at radius 1 is 0.923 bits per heavy atom. The van der Waals surface area contributed by atoms with Gasteiger partial charge in [-0.1, -0.05) is 110 Å². The summed E-state index contributed by atoms with van der Waals surface area (Å²) in [6.45, 7) is 11.0. The first-order chi connectivity index (χ1) is 24.6. The Morgan fingerprint density at radius 2 is 1.60 bits per heavy atom. The maximum absolute atomic E-state index is 12.6. The Labute approximate surface area is 317 Å². The predicted octanol–water partition coefficient (Wildman–Crippen LogP) is 10.6. The molecule has 1 unspecified atom stereocenters. The number of rotatable bonds is 11. The van der Waals surface area contributed by atoms with E-state index in [0.717, 1.165) is 45.2 Å². The molecule has 1 amide bonds. The van der Waals surface area contributed by atoms with Crippen LogP contribution in [0.25, 0.3) is 28.1 Å². The molecule has 0 saturated carbocycles. The highest BCUT2D eigenvalue weighted by molar-refractivity contribution is 7.92. The Bertz CT molecular complexity index is 2220. The molecular formula is C42H44Cl2N4O3S. The van der Waals surface area contributed by atoms with Crippen LogP contribution in [-0.2, 0) is 21.4 Å². The third kappa shape index (κ3) is 8.98. The van der Waals surface area contributed by atoms with Gasteiger partial charge in [0.2, 0.25) is 0 Å². The highest BCUT2D eigenvalue weighted by atomic mass is 35.5. The summed E-state index contributed by atoms with van der Waals surface area (Å²) in [5.74, 6) is 0.639. The fourth-order valence-corrected chi connectivity index (χ4v) is 8.07. The van der Waals surface area contributed by atoms with Crippen molar-refractivity contribution >= 4 is 45.0 Å². The van der Waals surface area contributed by atoms with Gasteiger partial charge in [0, 0.05) is 28.9 Å². The molecule has 1 aromatic heterocycles. The van der Waals surface area contributed by atoms with Crippen LogP contribution in [0.15, 0.2) is 109 Å². The van der Waals surface area contributed by atoms with Crippen molar-refractivity contribution in [3.8, 4) is 28.1 Å². The number of nitrogens with zero attached hydrogens (tertiary/aromatic N) is 3. The lowest BCUT2D eigenvalue weighted by Crippen LogP contribution is -2.29. The van der Waals surface area contributed by atoms with Gasteiger partial charge in [-0.25, -0.2) is 14.0 Å². The number of benzene rings is 4. The summed E-state index contributed by atoms with van der Waals surface area (Å²) >= 11 is 12.8. The van der Waals surface area contributed by atoms with Gasteiger partial charge in [0.15, 0.2) is 0 Å². The van der Waals surface area contributed by atoms with Gasteiger partial charge < -0.3 is 4.57 Å². The van der Waals surface area contributed by atoms with Gasteiger partial charge in [-0.15, -0.1) is 0 Å². The second-order valence-electron chi connectivity index (χ2n) is 14.9.